The minimum Gasteiger partial charge on any atom is -0.481 e. The van der Waals surface area contributed by atoms with Gasteiger partial charge in [0.05, 0.1) is 17.5 Å². The summed E-state index contributed by atoms with van der Waals surface area (Å²) in [6, 6.07) is 1.85. The molecule has 1 saturated heterocycles. The average Bonchev–Trinajstić information content (AvgIpc) is 3.09. The molecule has 134 valence electrons. The van der Waals surface area contributed by atoms with E-state index in [2.05, 4.69) is 24.9 Å². The zero-order valence-electron chi connectivity index (χ0n) is 14.1. The van der Waals surface area contributed by atoms with Crippen LogP contribution in [0.4, 0.5) is 11.8 Å². The van der Waals surface area contributed by atoms with E-state index in [1.54, 1.807) is 18.6 Å². The van der Waals surface area contributed by atoms with Gasteiger partial charge >= 0.3 is 5.97 Å². The molecule has 0 saturated carbocycles. The fraction of sp³-hybridized carbons (Fsp3) is 0.353. The largest absolute Gasteiger partial charge is 0.481 e. The van der Waals surface area contributed by atoms with Crippen molar-refractivity contribution in [1.29, 1.82) is 0 Å². The van der Waals surface area contributed by atoms with Gasteiger partial charge in [-0.05, 0) is 24.8 Å². The molecule has 4 rings (SSSR count). The molecule has 3 aromatic heterocycles. The first-order valence-corrected chi connectivity index (χ1v) is 8.50. The van der Waals surface area contributed by atoms with Gasteiger partial charge in [-0.25, -0.2) is 15.0 Å². The Morgan fingerprint density at radius 1 is 1.27 bits per heavy atom. The van der Waals surface area contributed by atoms with Crippen LogP contribution >= 0.6 is 0 Å². The number of aliphatic carboxylic acids is 1. The second-order valence-corrected chi connectivity index (χ2v) is 6.46. The fourth-order valence-corrected chi connectivity index (χ4v) is 3.28. The van der Waals surface area contributed by atoms with Gasteiger partial charge in [0.15, 0.2) is 5.65 Å². The molecule has 4 N–H and O–H groups in total. The van der Waals surface area contributed by atoms with Crippen LogP contribution in [0.3, 0.4) is 0 Å². The second-order valence-electron chi connectivity index (χ2n) is 6.46. The third kappa shape index (κ3) is 3.15. The highest BCUT2D eigenvalue weighted by Gasteiger charge is 2.23. The van der Waals surface area contributed by atoms with Crippen molar-refractivity contribution in [2.75, 3.05) is 23.7 Å². The van der Waals surface area contributed by atoms with Crippen LogP contribution in [0.25, 0.3) is 22.4 Å². The molecule has 0 radical (unpaired) electrons. The predicted molar refractivity (Wildman–Crippen MR) is 96.5 cm³/mol. The number of carboxylic acid groups (broad SMARTS) is 1. The lowest BCUT2D eigenvalue weighted by atomic mass is 9.94. The van der Waals surface area contributed by atoms with E-state index in [4.69, 9.17) is 10.8 Å². The van der Waals surface area contributed by atoms with Gasteiger partial charge in [-0.3, -0.25) is 4.79 Å². The van der Waals surface area contributed by atoms with Gasteiger partial charge in [0.1, 0.15) is 11.3 Å². The van der Waals surface area contributed by atoms with Crippen molar-refractivity contribution in [3.8, 4) is 11.3 Å². The number of fused-ring (bicyclic) bond motifs is 1. The normalized spacial score (nSPS) is 15.5. The topological polar surface area (TPSA) is 134 Å². The van der Waals surface area contributed by atoms with Crippen LogP contribution in [0.5, 0.6) is 0 Å². The van der Waals surface area contributed by atoms with Crippen LogP contribution < -0.4 is 10.6 Å². The van der Waals surface area contributed by atoms with Gasteiger partial charge < -0.3 is 20.7 Å². The van der Waals surface area contributed by atoms with Crippen molar-refractivity contribution in [2.24, 2.45) is 5.92 Å². The van der Waals surface area contributed by atoms with Crippen LogP contribution in [-0.4, -0.2) is 49.1 Å². The number of carboxylic acids is 1. The number of nitrogens with two attached hydrogens (primary N) is 1. The first kappa shape index (κ1) is 16.2. The number of anilines is 2. The molecular weight excluding hydrogens is 334 g/mol. The minimum atomic E-state index is -0.742. The number of rotatable bonds is 4. The van der Waals surface area contributed by atoms with Crippen molar-refractivity contribution in [3.63, 3.8) is 0 Å². The van der Waals surface area contributed by atoms with Gasteiger partial charge in [0, 0.05) is 31.9 Å². The second kappa shape index (κ2) is 6.58. The Kier molecular flexibility index (Phi) is 4.11. The molecule has 9 nitrogen and oxygen atoms in total. The maximum atomic E-state index is 10.8. The number of piperidine rings is 1. The van der Waals surface area contributed by atoms with E-state index in [9.17, 15) is 4.79 Å². The smallest absolute Gasteiger partial charge is 0.303 e. The molecule has 3 aromatic rings. The van der Waals surface area contributed by atoms with Crippen LogP contribution in [0.15, 0.2) is 24.7 Å². The Morgan fingerprint density at radius 3 is 2.81 bits per heavy atom. The van der Waals surface area contributed by atoms with E-state index in [0.29, 0.717) is 28.7 Å². The summed E-state index contributed by atoms with van der Waals surface area (Å²) in [5.41, 5.74) is 8.88. The molecule has 4 heterocycles. The molecule has 1 fully saturated rings. The Hall–Kier alpha value is -3.23. The zero-order chi connectivity index (χ0) is 18.1. The number of nitrogen functional groups attached to an aromatic ring is 1. The fourth-order valence-electron chi connectivity index (χ4n) is 3.28. The number of nitrogens with one attached hydrogen (secondary N) is 1. The van der Waals surface area contributed by atoms with Crippen molar-refractivity contribution in [2.45, 2.75) is 19.3 Å². The minimum absolute atomic E-state index is 0.212. The molecule has 0 amide bonds. The third-order valence-electron chi connectivity index (χ3n) is 4.70. The van der Waals surface area contributed by atoms with Crippen molar-refractivity contribution < 1.29 is 9.90 Å². The lowest BCUT2D eigenvalue weighted by Gasteiger charge is -2.31. The number of carbonyl (C=O) groups is 1. The monoisotopic (exact) mass is 353 g/mol. The number of H-pyrrole nitrogens is 1. The van der Waals surface area contributed by atoms with Crippen LogP contribution in [0, 0.1) is 5.92 Å². The van der Waals surface area contributed by atoms with E-state index in [0.717, 1.165) is 31.4 Å². The van der Waals surface area contributed by atoms with Crippen LogP contribution in [0.1, 0.15) is 19.3 Å². The van der Waals surface area contributed by atoms with E-state index >= 15 is 0 Å². The molecule has 0 aliphatic carbocycles. The van der Waals surface area contributed by atoms with Gasteiger partial charge in [-0.1, -0.05) is 0 Å². The van der Waals surface area contributed by atoms with E-state index < -0.39 is 5.97 Å². The van der Waals surface area contributed by atoms with E-state index in [1.165, 1.54) is 0 Å². The molecule has 26 heavy (non-hydrogen) atoms. The molecule has 0 unspecified atom stereocenters. The standard InChI is InChI=1S/C17H19N7O2/c18-15-11(13-9-20-16-12(22-13)1-4-19-16)8-21-17(23-15)24-5-2-10(3-6-24)7-14(25)26/h1,4,8-10H,2-3,5-7H2,(H,19,20)(H,25,26)(H2,18,21,23). The summed E-state index contributed by atoms with van der Waals surface area (Å²) < 4.78 is 0. The Balaban J connectivity index is 1.52. The molecule has 0 spiro atoms. The highest BCUT2D eigenvalue weighted by molar-refractivity contribution is 5.77. The summed E-state index contributed by atoms with van der Waals surface area (Å²) in [5.74, 6) is 0.389. The molecule has 1 aliphatic rings. The predicted octanol–water partition coefficient (Wildman–Crippen LogP) is 1.69. The molecule has 1 aliphatic heterocycles. The van der Waals surface area contributed by atoms with E-state index in [-0.39, 0.29) is 12.3 Å². The Morgan fingerprint density at radius 2 is 2.08 bits per heavy atom. The van der Waals surface area contributed by atoms with Gasteiger partial charge in [-0.2, -0.15) is 4.98 Å². The first-order valence-electron chi connectivity index (χ1n) is 8.50. The zero-order valence-corrected chi connectivity index (χ0v) is 14.1. The quantitative estimate of drug-likeness (QED) is 0.645. The maximum absolute atomic E-state index is 10.8. The van der Waals surface area contributed by atoms with Crippen molar-refractivity contribution in [1.82, 2.24) is 24.9 Å². The summed E-state index contributed by atoms with van der Waals surface area (Å²) >= 11 is 0. The van der Waals surface area contributed by atoms with Gasteiger partial charge in [0.25, 0.3) is 0 Å². The maximum Gasteiger partial charge on any atom is 0.303 e. The van der Waals surface area contributed by atoms with Crippen molar-refractivity contribution in [3.05, 3.63) is 24.7 Å². The summed E-state index contributed by atoms with van der Waals surface area (Å²) in [7, 11) is 0. The molecular formula is C17H19N7O2. The highest BCUT2D eigenvalue weighted by atomic mass is 16.4. The molecule has 9 heteroatoms. The van der Waals surface area contributed by atoms with Gasteiger partial charge in [-0.15, -0.1) is 0 Å². The molecule has 0 atom stereocenters. The number of aromatic nitrogens is 5. The SMILES string of the molecule is Nc1nc(N2CCC(CC(=O)O)CC2)ncc1-c1cnc2[nH]ccc2n1. The lowest BCUT2D eigenvalue weighted by Crippen LogP contribution is -2.35. The van der Waals surface area contributed by atoms with E-state index in [1.807, 2.05) is 11.0 Å². The number of hydrogen-bond donors (Lipinski definition) is 3. The average molecular weight is 353 g/mol. The highest BCUT2D eigenvalue weighted by Crippen LogP contribution is 2.27. The number of nitrogens with zero attached hydrogens (tertiary/aromatic N) is 5. The summed E-state index contributed by atoms with van der Waals surface area (Å²) in [5, 5.41) is 8.91. The summed E-state index contributed by atoms with van der Waals surface area (Å²) in [6.07, 6.45) is 6.94. The van der Waals surface area contributed by atoms with Gasteiger partial charge in [0.2, 0.25) is 5.95 Å². The van der Waals surface area contributed by atoms with Crippen molar-refractivity contribution >= 4 is 28.9 Å². The lowest BCUT2D eigenvalue weighted by molar-refractivity contribution is -0.138. The Labute approximate surface area is 149 Å². The first-order chi connectivity index (χ1) is 12.6. The summed E-state index contributed by atoms with van der Waals surface area (Å²) in [4.78, 5) is 33.6. The number of hydrogen-bond acceptors (Lipinski definition) is 7. The molecule has 0 aromatic carbocycles. The van der Waals surface area contributed by atoms with Crippen LogP contribution in [-0.2, 0) is 4.79 Å². The third-order valence-corrected chi connectivity index (χ3v) is 4.70. The molecule has 0 bridgehead atoms. The summed E-state index contributed by atoms with van der Waals surface area (Å²) in [6.45, 7) is 1.46. The Bertz CT molecular complexity index is 947. The van der Waals surface area contributed by atoms with Crippen LogP contribution in [0.2, 0.25) is 0 Å². The number of aromatic amines is 1.